The van der Waals surface area contributed by atoms with Gasteiger partial charge in [-0.2, -0.15) is 4.98 Å². The van der Waals surface area contributed by atoms with E-state index >= 15 is 0 Å². The fourth-order valence-corrected chi connectivity index (χ4v) is 2.22. The normalized spacial score (nSPS) is 16.8. The molecule has 0 unspecified atom stereocenters. The molecule has 4 nitrogen and oxygen atoms in total. The highest BCUT2D eigenvalue weighted by molar-refractivity contribution is 6.28. The van der Waals surface area contributed by atoms with Crippen molar-refractivity contribution in [1.82, 2.24) is 10.3 Å². The molecule has 5 heteroatoms. The number of aromatic nitrogens is 1. The van der Waals surface area contributed by atoms with Crippen LogP contribution in [0.5, 0.6) is 0 Å². The van der Waals surface area contributed by atoms with Gasteiger partial charge < -0.3 is 9.73 Å². The first-order valence-corrected chi connectivity index (χ1v) is 6.38. The summed E-state index contributed by atoms with van der Waals surface area (Å²) in [5.41, 5.74) is 1.77. The van der Waals surface area contributed by atoms with E-state index in [1.54, 1.807) is 18.2 Å². The van der Waals surface area contributed by atoms with Gasteiger partial charge in [0.15, 0.2) is 5.58 Å². The maximum atomic E-state index is 12.0. The summed E-state index contributed by atoms with van der Waals surface area (Å²) >= 11 is 5.67. The predicted octanol–water partition coefficient (Wildman–Crippen LogP) is 3.01. The molecule has 1 amide bonds. The smallest absolute Gasteiger partial charge is 0.293 e. The number of carbonyl (C=O) groups excluding carboxylic acids is 1. The summed E-state index contributed by atoms with van der Waals surface area (Å²) in [6.45, 7) is 2.04. The Morgan fingerprint density at radius 1 is 1.56 bits per heavy atom. The van der Waals surface area contributed by atoms with Gasteiger partial charge in [-0.3, -0.25) is 4.79 Å². The minimum atomic E-state index is -0.0798. The van der Waals surface area contributed by atoms with Gasteiger partial charge in [-0.1, -0.05) is 0 Å². The van der Waals surface area contributed by atoms with Gasteiger partial charge in [0.05, 0.1) is 0 Å². The number of nitrogens with zero attached hydrogens (tertiary/aromatic N) is 1. The van der Waals surface area contributed by atoms with Crippen LogP contribution in [0, 0.1) is 5.92 Å². The summed E-state index contributed by atoms with van der Waals surface area (Å²) in [7, 11) is 0. The lowest BCUT2D eigenvalue weighted by Crippen LogP contribution is -2.33. The van der Waals surface area contributed by atoms with Gasteiger partial charge in [0.1, 0.15) is 5.52 Å². The van der Waals surface area contributed by atoms with Crippen molar-refractivity contribution in [3.63, 3.8) is 0 Å². The second-order valence-corrected chi connectivity index (χ2v) is 5.07. The minimum Gasteiger partial charge on any atom is -0.428 e. The first-order chi connectivity index (χ1) is 8.63. The van der Waals surface area contributed by atoms with E-state index in [-0.39, 0.29) is 17.3 Å². The number of oxazole rings is 1. The van der Waals surface area contributed by atoms with E-state index in [4.69, 9.17) is 16.0 Å². The first-order valence-electron chi connectivity index (χ1n) is 6.00. The minimum absolute atomic E-state index is 0.0798. The van der Waals surface area contributed by atoms with Gasteiger partial charge >= 0.3 is 0 Å². The van der Waals surface area contributed by atoms with E-state index in [0.717, 1.165) is 0 Å². The monoisotopic (exact) mass is 264 g/mol. The average molecular weight is 265 g/mol. The van der Waals surface area contributed by atoms with Crippen LogP contribution in [-0.4, -0.2) is 16.9 Å². The number of hydrogen-bond acceptors (Lipinski definition) is 3. The van der Waals surface area contributed by atoms with Crippen LogP contribution in [-0.2, 0) is 0 Å². The first kappa shape index (κ1) is 11.5. The molecule has 1 aromatic carbocycles. The molecule has 0 aliphatic heterocycles. The topological polar surface area (TPSA) is 55.1 Å². The molecule has 0 bridgehead atoms. The second-order valence-electron chi connectivity index (χ2n) is 4.75. The average Bonchev–Trinajstić information content (AvgIpc) is 3.10. The predicted molar refractivity (Wildman–Crippen MR) is 68.7 cm³/mol. The molecule has 1 atom stereocenters. The fraction of sp³-hybridized carbons (Fsp3) is 0.385. The molecule has 18 heavy (non-hydrogen) atoms. The molecular weight excluding hydrogens is 252 g/mol. The lowest BCUT2D eigenvalue weighted by atomic mass is 10.1. The summed E-state index contributed by atoms with van der Waals surface area (Å²) in [6, 6.07) is 5.37. The summed E-state index contributed by atoms with van der Waals surface area (Å²) in [6.07, 6.45) is 2.41. The van der Waals surface area contributed by atoms with Crippen molar-refractivity contribution in [2.24, 2.45) is 5.92 Å². The number of nitrogens with one attached hydrogen (secondary N) is 1. The van der Waals surface area contributed by atoms with Crippen LogP contribution in [0.4, 0.5) is 0 Å². The van der Waals surface area contributed by atoms with E-state index in [9.17, 15) is 4.79 Å². The number of rotatable bonds is 3. The van der Waals surface area contributed by atoms with Crippen LogP contribution in [0.15, 0.2) is 22.6 Å². The van der Waals surface area contributed by atoms with E-state index in [1.165, 1.54) is 12.8 Å². The molecule has 3 rings (SSSR count). The SMILES string of the molecule is C[C@@H](NC(=O)c1ccc2nc(Cl)oc2c1)C1CC1. The Hall–Kier alpha value is -1.55. The molecule has 2 aromatic rings. The number of benzene rings is 1. The summed E-state index contributed by atoms with van der Waals surface area (Å²) in [4.78, 5) is 16.0. The Labute approximate surface area is 109 Å². The number of amides is 1. The Kier molecular flexibility index (Phi) is 2.74. The van der Waals surface area contributed by atoms with Crippen molar-refractivity contribution in [2.45, 2.75) is 25.8 Å². The molecule has 1 heterocycles. The third-order valence-electron chi connectivity index (χ3n) is 3.31. The van der Waals surface area contributed by atoms with Crippen molar-refractivity contribution in [3.8, 4) is 0 Å². The zero-order valence-corrected chi connectivity index (χ0v) is 10.7. The molecule has 0 radical (unpaired) electrons. The molecule has 1 N–H and O–H groups in total. The van der Waals surface area contributed by atoms with Gasteiger partial charge in [0.2, 0.25) is 0 Å². The fourth-order valence-electron chi connectivity index (χ4n) is 2.04. The lowest BCUT2D eigenvalue weighted by Gasteiger charge is -2.12. The van der Waals surface area contributed by atoms with Crippen LogP contribution in [0.25, 0.3) is 11.1 Å². The maximum Gasteiger partial charge on any atom is 0.293 e. The van der Waals surface area contributed by atoms with Gasteiger partial charge in [-0.25, -0.2) is 0 Å². The number of carbonyl (C=O) groups is 1. The molecule has 1 fully saturated rings. The summed E-state index contributed by atoms with van der Waals surface area (Å²) in [5.74, 6) is 0.557. The highest BCUT2D eigenvalue weighted by Crippen LogP contribution is 2.32. The van der Waals surface area contributed by atoms with Gasteiger partial charge in [0.25, 0.3) is 11.3 Å². The third-order valence-corrected chi connectivity index (χ3v) is 3.47. The Balaban J connectivity index is 1.81. The Bertz CT molecular complexity index is 604. The number of halogens is 1. The summed E-state index contributed by atoms with van der Waals surface area (Å²) in [5, 5.41) is 3.09. The number of fused-ring (bicyclic) bond motifs is 1. The number of hydrogen-bond donors (Lipinski definition) is 1. The van der Waals surface area contributed by atoms with Crippen LogP contribution in [0.3, 0.4) is 0 Å². The van der Waals surface area contributed by atoms with Crippen LogP contribution >= 0.6 is 11.6 Å². The standard InChI is InChI=1S/C13H13ClN2O2/c1-7(8-2-3-8)15-12(17)9-4-5-10-11(6-9)18-13(14)16-10/h4-8H,2-3H2,1H3,(H,15,17)/t7-/m1/s1. The van der Waals surface area contributed by atoms with Crippen LogP contribution in [0.2, 0.25) is 5.35 Å². The summed E-state index contributed by atoms with van der Waals surface area (Å²) < 4.78 is 5.20. The van der Waals surface area contributed by atoms with E-state index in [0.29, 0.717) is 22.6 Å². The van der Waals surface area contributed by atoms with Gasteiger partial charge in [0, 0.05) is 11.6 Å². The largest absolute Gasteiger partial charge is 0.428 e. The molecule has 1 aliphatic rings. The highest BCUT2D eigenvalue weighted by atomic mass is 35.5. The molecule has 0 spiro atoms. The van der Waals surface area contributed by atoms with Crippen molar-refractivity contribution in [3.05, 3.63) is 29.1 Å². The third kappa shape index (κ3) is 2.20. The van der Waals surface area contributed by atoms with Crippen LogP contribution < -0.4 is 5.32 Å². The van der Waals surface area contributed by atoms with Crippen molar-refractivity contribution in [1.29, 1.82) is 0 Å². The molecule has 94 valence electrons. The maximum absolute atomic E-state index is 12.0. The zero-order valence-electron chi connectivity index (χ0n) is 9.94. The Morgan fingerprint density at radius 3 is 3.06 bits per heavy atom. The molecule has 0 saturated heterocycles. The molecule has 1 aromatic heterocycles. The Morgan fingerprint density at radius 2 is 2.33 bits per heavy atom. The molecular formula is C13H13ClN2O2. The van der Waals surface area contributed by atoms with Crippen LogP contribution in [0.1, 0.15) is 30.1 Å². The van der Waals surface area contributed by atoms with E-state index in [2.05, 4.69) is 10.3 Å². The van der Waals surface area contributed by atoms with Crippen molar-refractivity contribution < 1.29 is 9.21 Å². The lowest BCUT2D eigenvalue weighted by molar-refractivity contribution is 0.0936. The highest BCUT2D eigenvalue weighted by Gasteiger charge is 2.29. The molecule has 1 saturated carbocycles. The van der Waals surface area contributed by atoms with Crippen molar-refractivity contribution in [2.75, 3.05) is 0 Å². The van der Waals surface area contributed by atoms with E-state index < -0.39 is 0 Å². The zero-order chi connectivity index (χ0) is 12.7. The van der Waals surface area contributed by atoms with Gasteiger partial charge in [-0.15, -0.1) is 0 Å². The second kappa shape index (κ2) is 4.28. The molecule has 1 aliphatic carbocycles. The van der Waals surface area contributed by atoms with Crippen molar-refractivity contribution >= 4 is 28.6 Å². The van der Waals surface area contributed by atoms with Gasteiger partial charge in [-0.05, 0) is 55.5 Å². The quantitative estimate of drug-likeness (QED) is 0.927. The van der Waals surface area contributed by atoms with E-state index in [1.807, 2.05) is 6.92 Å².